The summed E-state index contributed by atoms with van der Waals surface area (Å²) in [6.45, 7) is 7.18. The van der Waals surface area contributed by atoms with E-state index in [4.69, 9.17) is 16.6 Å². The van der Waals surface area contributed by atoms with Crippen molar-refractivity contribution in [3.63, 3.8) is 0 Å². The Bertz CT molecular complexity index is 1710. The van der Waals surface area contributed by atoms with Crippen LogP contribution in [0.3, 0.4) is 0 Å². The molecule has 0 bridgehead atoms. The second-order valence-corrected chi connectivity index (χ2v) is 11.0. The zero-order chi connectivity index (χ0) is 27.6. The molecule has 1 aliphatic heterocycles. The number of carbonyl (C=O) groups is 1. The summed E-state index contributed by atoms with van der Waals surface area (Å²) in [6, 6.07) is 9.55. The summed E-state index contributed by atoms with van der Waals surface area (Å²) in [4.78, 5) is 36.1. The van der Waals surface area contributed by atoms with Gasteiger partial charge in [0.1, 0.15) is 16.6 Å². The number of hydrogen-bond acceptors (Lipinski definition) is 6. The highest BCUT2D eigenvalue weighted by Crippen LogP contribution is 2.46. The Morgan fingerprint density at radius 3 is 2.59 bits per heavy atom. The van der Waals surface area contributed by atoms with Gasteiger partial charge in [0.05, 0.1) is 23.1 Å². The molecule has 39 heavy (non-hydrogen) atoms. The summed E-state index contributed by atoms with van der Waals surface area (Å²) in [5, 5.41) is 12.8. The van der Waals surface area contributed by atoms with Crippen molar-refractivity contribution in [3.05, 3.63) is 86.3 Å². The lowest BCUT2D eigenvalue weighted by Crippen LogP contribution is -2.23. The van der Waals surface area contributed by atoms with Gasteiger partial charge in [-0.3, -0.25) is 9.20 Å². The van der Waals surface area contributed by atoms with Crippen LogP contribution in [0.15, 0.2) is 47.4 Å². The molecule has 0 amide bonds. The minimum absolute atomic E-state index is 0.0692. The average molecular weight is 548 g/mol. The molecule has 1 aromatic carbocycles. The van der Waals surface area contributed by atoms with Gasteiger partial charge in [-0.15, -0.1) is 0 Å². The number of nitrogens with one attached hydrogen (secondary N) is 1. The second kappa shape index (κ2) is 9.34. The first-order valence-corrected chi connectivity index (χ1v) is 13.2. The predicted octanol–water partition coefficient (Wildman–Crippen LogP) is 5.49. The first-order chi connectivity index (χ1) is 18.6. The van der Waals surface area contributed by atoms with Gasteiger partial charge in [-0.25, -0.2) is 19.2 Å². The summed E-state index contributed by atoms with van der Waals surface area (Å²) >= 11 is 5.91. The van der Waals surface area contributed by atoms with Gasteiger partial charge in [-0.2, -0.15) is 0 Å². The molecule has 1 aliphatic carbocycles. The Hall–Kier alpha value is -3.98. The Labute approximate surface area is 229 Å². The molecule has 2 fully saturated rings. The Balaban J connectivity index is 1.42. The normalized spacial score (nSPS) is 18.7. The Kier molecular flexibility index (Phi) is 6.06. The number of aromatic carboxylic acids is 1. The number of benzene rings is 1. The molecule has 1 saturated heterocycles. The summed E-state index contributed by atoms with van der Waals surface area (Å²) in [6.07, 6.45) is 2.95. The SMILES string of the molecule is Cc1cc([C@@H](C)Nc2ccc(Cl)nc2C(=O)O)c2nc(-c3ccc(N4CC5CC5C4)c(F)c3)c(C)c(=O)n2c1. The first kappa shape index (κ1) is 25.3. The van der Waals surface area contributed by atoms with Gasteiger partial charge in [0.2, 0.25) is 0 Å². The summed E-state index contributed by atoms with van der Waals surface area (Å²) < 4.78 is 16.8. The third-order valence-corrected chi connectivity index (χ3v) is 7.97. The summed E-state index contributed by atoms with van der Waals surface area (Å²) in [5.41, 5.74) is 3.65. The van der Waals surface area contributed by atoms with Gasteiger partial charge in [0.15, 0.2) is 5.69 Å². The van der Waals surface area contributed by atoms with Crippen LogP contribution in [0.5, 0.6) is 0 Å². The highest BCUT2D eigenvalue weighted by molar-refractivity contribution is 6.29. The van der Waals surface area contributed by atoms with Crippen molar-refractivity contribution in [2.45, 2.75) is 33.2 Å². The topological polar surface area (TPSA) is 99.8 Å². The standard InChI is InChI=1S/C29H27ClFN5O3/c1-14-8-20(16(3)32-22-5-7-24(30)33-26(22)29(38)39)27-34-25(15(2)28(37)36(27)11-14)17-4-6-23(21(31)10-17)35-12-18-9-19(18)13-35/h4-8,10-11,16,18-19,32H,9,12-13H2,1-3H3,(H,38,39)/t16-,18?,19?/m1/s1. The van der Waals surface area contributed by atoms with Gasteiger partial charge in [-0.1, -0.05) is 17.7 Å². The third-order valence-electron chi connectivity index (χ3n) is 7.76. The minimum Gasteiger partial charge on any atom is -0.476 e. The molecule has 2 unspecified atom stereocenters. The molecule has 200 valence electrons. The van der Waals surface area contributed by atoms with Crippen molar-refractivity contribution in [1.82, 2.24) is 14.4 Å². The maximum Gasteiger partial charge on any atom is 0.356 e. The van der Waals surface area contributed by atoms with Crippen molar-refractivity contribution in [1.29, 1.82) is 0 Å². The number of hydrogen-bond donors (Lipinski definition) is 2. The van der Waals surface area contributed by atoms with E-state index in [0.717, 1.165) is 18.7 Å². The molecule has 6 rings (SSSR count). The molecule has 3 aromatic heterocycles. The number of anilines is 2. The van der Waals surface area contributed by atoms with E-state index in [1.807, 2.05) is 26.0 Å². The number of aryl methyl sites for hydroxylation is 1. The highest BCUT2D eigenvalue weighted by atomic mass is 35.5. The molecule has 0 radical (unpaired) electrons. The number of aromatic nitrogens is 3. The molecule has 4 heterocycles. The molecular formula is C29H27ClFN5O3. The van der Waals surface area contributed by atoms with Crippen LogP contribution in [-0.4, -0.2) is 38.5 Å². The molecule has 3 atom stereocenters. The van der Waals surface area contributed by atoms with E-state index in [1.165, 1.54) is 23.0 Å². The minimum atomic E-state index is -1.22. The van der Waals surface area contributed by atoms with E-state index in [1.54, 1.807) is 25.3 Å². The summed E-state index contributed by atoms with van der Waals surface area (Å²) in [5.74, 6) is -0.182. The van der Waals surface area contributed by atoms with Gasteiger partial charge in [-0.05, 0) is 74.9 Å². The number of pyridine rings is 2. The first-order valence-electron chi connectivity index (χ1n) is 12.9. The molecule has 8 nitrogen and oxygen atoms in total. The van der Waals surface area contributed by atoms with Crippen LogP contribution in [0.4, 0.5) is 15.8 Å². The van der Waals surface area contributed by atoms with Crippen LogP contribution >= 0.6 is 11.6 Å². The maximum atomic E-state index is 15.3. The van der Waals surface area contributed by atoms with Crippen molar-refractivity contribution < 1.29 is 14.3 Å². The Morgan fingerprint density at radius 1 is 1.15 bits per heavy atom. The van der Waals surface area contributed by atoms with Crippen LogP contribution < -0.4 is 15.8 Å². The van der Waals surface area contributed by atoms with Crippen LogP contribution in [0.1, 0.15) is 46.6 Å². The fraction of sp³-hybridized carbons (Fsp3) is 0.310. The number of rotatable bonds is 6. The van der Waals surface area contributed by atoms with E-state index in [-0.39, 0.29) is 27.9 Å². The lowest BCUT2D eigenvalue weighted by atomic mass is 10.0. The zero-order valence-corrected chi connectivity index (χ0v) is 22.5. The Morgan fingerprint density at radius 2 is 1.90 bits per heavy atom. The number of nitrogens with zero attached hydrogens (tertiary/aromatic N) is 4. The molecule has 4 aromatic rings. The van der Waals surface area contributed by atoms with Crippen molar-refractivity contribution in [2.24, 2.45) is 11.8 Å². The monoisotopic (exact) mass is 547 g/mol. The van der Waals surface area contributed by atoms with E-state index in [9.17, 15) is 14.7 Å². The second-order valence-electron chi connectivity index (χ2n) is 10.6. The zero-order valence-electron chi connectivity index (χ0n) is 21.7. The number of carboxylic acid groups (broad SMARTS) is 1. The smallest absolute Gasteiger partial charge is 0.356 e. The van der Waals surface area contributed by atoms with Gasteiger partial charge in [0.25, 0.3) is 5.56 Å². The number of carboxylic acids is 1. The van der Waals surface area contributed by atoms with E-state index >= 15 is 4.39 Å². The van der Waals surface area contributed by atoms with E-state index in [2.05, 4.69) is 15.2 Å². The lowest BCUT2D eigenvalue weighted by molar-refractivity contribution is 0.0691. The fourth-order valence-electron chi connectivity index (χ4n) is 5.63. The number of fused-ring (bicyclic) bond motifs is 2. The number of halogens is 2. The maximum absolute atomic E-state index is 15.3. The summed E-state index contributed by atoms with van der Waals surface area (Å²) in [7, 11) is 0. The molecule has 1 saturated carbocycles. The highest BCUT2D eigenvalue weighted by Gasteiger charge is 2.45. The van der Waals surface area contributed by atoms with Crippen molar-refractivity contribution in [2.75, 3.05) is 23.3 Å². The van der Waals surface area contributed by atoms with Crippen LogP contribution in [0, 0.1) is 31.5 Å². The molecule has 0 spiro atoms. The van der Waals surface area contributed by atoms with Crippen LogP contribution in [0.2, 0.25) is 5.15 Å². The van der Waals surface area contributed by atoms with Crippen molar-refractivity contribution >= 4 is 34.6 Å². The van der Waals surface area contributed by atoms with Crippen LogP contribution in [-0.2, 0) is 0 Å². The van der Waals surface area contributed by atoms with Gasteiger partial charge in [0, 0.05) is 36.0 Å². The largest absolute Gasteiger partial charge is 0.476 e. The molecule has 2 N–H and O–H groups in total. The van der Waals surface area contributed by atoms with Crippen molar-refractivity contribution in [3.8, 4) is 11.3 Å². The van der Waals surface area contributed by atoms with E-state index < -0.39 is 12.0 Å². The quantitative estimate of drug-likeness (QED) is 0.308. The van der Waals surface area contributed by atoms with Gasteiger partial charge < -0.3 is 15.3 Å². The number of piperidine rings is 1. The third kappa shape index (κ3) is 4.50. The van der Waals surface area contributed by atoms with Gasteiger partial charge >= 0.3 is 5.97 Å². The van der Waals surface area contributed by atoms with E-state index in [0.29, 0.717) is 45.6 Å². The van der Waals surface area contributed by atoms with Crippen LogP contribution in [0.25, 0.3) is 16.9 Å². The average Bonchev–Trinajstić information content (AvgIpc) is 3.51. The fourth-order valence-corrected chi connectivity index (χ4v) is 5.77. The molecule has 10 heteroatoms. The molecule has 2 aliphatic rings. The lowest BCUT2D eigenvalue weighted by Gasteiger charge is -2.22. The molecular weight excluding hydrogens is 521 g/mol. The predicted molar refractivity (Wildman–Crippen MR) is 148 cm³/mol.